The van der Waals surface area contributed by atoms with Crippen LogP contribution in [-0.2, 0) is 14.2 Å². The van der Waals surface area contributed by atoms with Gasteiger partial charge in [-0.25, -0.2) is 9.97 Å². The van der Waals surface area contributed by atoms with Crippen LogP contribution < -0.4 is 0 Å². The van der Waals surface area contributed by atoms with Crippen molar-refractivity contribution in [2.24, 2.45) is 0 Å². The summed E-state index contributed by atoms with van der Waals surface area (Å²) in [5, 5.41) is 0. The summed E-state index contributed by atoms with van der Waals surface area (Å²) in [5.41, 5.74) is 7.86. The van der Waals surface area contributed by atoms with Gasteiger partial charge in [-0.3, -0.25) is 0 Å². The molecule has 0 aliphatic carbocycles. The summed E-state index contributed by atoms with van der Waals surface area (Å²) >= 11 is -4.12. The fourth-order valence-electron chi connectivity index (χ4n) is 2.94. The molecule has 153 valence electrons. The Morgan fingerprint density at radius 1 is 0.517 bits per heavy atom. The first-order valence-corrected chi connectivity index (χ1v) is 10.1. The molecule has 9 heteroatoms. The molecule has 0 fully saturated rings. The van der Waals surface area contributed by atoms with E-state index in [1.165, 1.54) is 0 Å². The molecule has 2 aliphatic rings. The zero-order valence-corrected chi connectivity index (χ0v) is 15.9. The summed E-state index contributed by atoms with van der Waals surface area (Å²) in [4.78, 5) is 16.0. The van der Waals surface area contributed by atoms with Gasteiger partial charge in [0.05, 0.1) is 22.8 Å². The number of rotatable bonds is 0. The van der Waals surface area contributed by atoms with Gasteiger partial charge in [0.25, 0.3) is 0 Å². The van der Waals surface area contributed by atoms with Gasteiger partial charge in [-0.2, -0.15) is 0 Å². The van der Waals surface area contributed by atoms with Crippen LogP contribution in [0.4, 0.5) is 0 Å². The fraction of sp³-hybridized carbons (Fsp3) is 0. The minimum absolute atomic E-state index is 0.939. The second-order valence-corrected chi connectivity index (χ2v) is 7.40. The number of hydrogen-bond acceptors (Lipinski definition) is 6. The maximum atomic E-state index is 7.27. The molecule has 8 bridgehead atoms. The summed E-state index contributed by atoms with van der Waals surface area (Å²) in [6, 6.07) is 16.4. The summed E-state index contributed by atoms with van der Waals surface area (Å²) in [5.74, 6) is 0. The van der Waals surface area contributed by atoms with Crippen molar-refractivity contribution < 1.29 is 30.9 Å². The molecule has 0 radical (unpaired) electrons. The third-order valence-corrected chi connectivity index (χ3v) is 4.04. The van der Waals surface area contributed by atoms with Crippen molar-refractivity contribution in [1.82, 2.24) is 19.9 Å². The first kappa shape index (κ1) is 19.3. The Kier molecular flexibility index (Phi) is 5.16. The van der Waals surface area contributed by atoms with Crippen molar-refractivity contribution in [3.63, 3.8) is 0 Å². The fourth-order valence-corrected chi connectivity index (χ4v) is 2.94. The molecule has 8 nitrogen and oxygen atoms in total. The quantitative estimate of drug-likeness (QED) is 0.204. The number of aromatic nitrogens is 4. The Balaban J connectivity index is 0.000000369. The Bertz CT molecular complexity index is 1090. The van der Waals surface area contributed by atoms with E-state index < -0.39 is 14.2 Å². The molecular formula is C20H18CuN4O4. The van der Waals surface area contributed by atoms with Crippen LogP contribution in [0.2, 0.25) is 0 Å². The molecule has 5 rings (SSSR count). The average molecular weight is 442 g/mol. The topological polar surface area (TPSA) is 138 Å². The number of hydrogen-bond donors (Lipinski definition) is 6. The normalized spacial score (nSPS) is 13.1. The molecule has 2 aliphatic heterocycles. The molecule has 3 aromatic heterocycles. The third-order valence-electron chi connectivity index (χ3n) is 4.04. The van der Waals surface area contributed by atoms with Crippen molar-refractivity contribution in [1.29, 1.82) is 0 Å². The molecule has 0 amide bonds. The SMILES string of the molecule is C1=Cc2cc3ccc(cc4nc(cc5ccc(cc1n2)[nH]5)C=C4)[nH]3.[OH][Cu]([OH])([OH])[OH]. The number of nitrogens with zero attached hydrogens (tertiary/aromatic N) is 2. The maximum absolute atomic E-state index is 7.27. The molecular weight excluding hydrogens is 424 g/mol. The number of H-pyrrole nitrogens is 2. The predicted octanol–water partition coefficient (Wildman–Crippen LogP) is 2.43. The van der Waals surface area contributed by atoms with Gasteiger partial charge < -0.3 is 9.97 Å². The predicted molar refractivity (Wildman–Crippen MR) is 108 cm³/mol. The molecule has 0 saturated carbocycles. The second-order valence-electron chi connectivity index (χ2n) is 6.27. The zero-order chi connectivity index (χ0) is 20.4. The van der Waals surface area contributed by atoms with Crippen molar-refractivity contribution in [3.05, 3.63) is 71.3 Å². The van der Waals surface area contributed by atoms with E-state index in [4.69, 9.17) is 16.8 Å². The van der Waals surface area contributed by atoms with Crippen LogP contribution in [0.5, 0.6) is 0 Å². The van der Waals surface area contributed by atoms with E-state index >= 15 is 0 Å². The first-order valence-electron chi connectivity index (χ1n) is 8.39. The van der Waals surface area contributed by atoms with Gasteiger partial charge in [0, 0.05) is 22.1 Å². The molecule has 6 N–H and O–H groups in total. The summed E-state index contributed by atoms with van der Waals surface area (Å²) < 4.78 is 29.1. The van der Waals surface area contributed by atoms with E-state index in [-0.39, 0.29) is 0 Å². The number of fused-ring (bicyclic) bond motifs is 8. The zero-order valence-electron chi connectivity index (χ0n) is 14.9. The Morgan fingerprint density at radius 2 is 0.759 bits per heavy atom. The first-order chi connectivity index (χ1) is 13.8. The van der Waals surface area contributed by atoms with Crippen LogP contribution in [0.25, 0.3) is 46.4 Å². The molecule has 0 spiro atoms. The summed E-state index contributed by atoms with van der Waals surface area (Å²) in [7, 11) is 0. The summed E-state index contributed by atoms with van der Waals surface area (Å²) in [6.07, 6.45) is 8.09. The number of nitrogens with one attached hydrogen (secondary N) is 2. The molecule has 0 aromatic carbocycles. The van der Waals surface area contributed by atoms with Crippen LogP contribution in [0, 0.1) is 0 Å². The van der Waals surface area contributed by atoms with Gasteiger partial charge in [-0.05, 0) is 72.8 Å². The van der Waals surface area contributed by atoms with Gasteiger partial charge >= 0.3 is 30.9 Å². The van der Waals surface area contributed by atoms with Crippen molar-refractivity contribution >= 4 is 46.4 Å². The van der Waals surface area contributed by atoms with Crippen molar-refractivity contribution in [2.45, 2.75) is 0 Å². The second kappa shape index (κ2) is 7.76. The molecule has 0 unspecified atom stereocenters. The van der Waals surface area contributed by atoms with Gasteiger partial charge in [0.2, 0.25) is 0 Å². The van der Waals surface area contributed by atoms with Crippen LogP contribution >= 0.6 is 0 Å². The van der Waals surface area contributed by atoms with Crippen LogP contribution in [0.3, 0.4) is 0 Å². The van der Waals surface area contributed by atoms with E-state index in [1.807, 2.05) is 48.6 Å². The monoisotopic (exact) mass is 441 g/mol. The van der Waals surface area contributed by atoms with E-state index in [9.17, 15) is 0 Å². The molecule has 29 heavy (non-hydrogen) atoms. The van der Waals surface area contributed by atoms with Crippen LogP contribution in [0.15, 0.2) is 48.5 Å². The minimum atomic E-state index is -4.12. The van der Waals surface area contributed by atoms with Crippen LogP contribution in [0.1, 0.15) is 22.8 Å². The Morgan fingerprint density at radius 3 is 1.00 bits per heavy atom. The van der Waals surface area contributed by atoms with Gasteiger partial charge in [0.15, 0.2) is 0 Å². The van der Waals surface area contributed by atoms with E-state index in [0.29, 0.717) is 0 Å². The van der Waals surface area contributed by atoms with Gasteiger partial charge in [0.1, 0.15) is 0 Å². The molecule has 0 saturated heterocycles. The van der Waals surface area contributed by atoms with Gasteiger partial charge in [-0.15, -0.1) is 0 Å². The Labute approximate surface area is 168 Å². The van der Waals surface area contributed by atoms with E-state index in [0.717, 1.165) is 44.8 Å². The number of aromatic amines is 2. The van der Waals surface area contributed by atoms with Gasteiger partial charge in [-0.1, -0.05) is 0 Å². The Hall–Kier alpha value is -3.04. The molecule has 5 heterocycles. The molecule has 0 atom stereocenters. The average Bonchev–Trinajstić information content (AvgIpc) is 3.38. The van der Waals surface area contributed by atoms with E-state index in [1.54, 1.807) is 0 Å². The van der Waals surface area contributed by atoms with E-state index in [2.05, 4.69) is 44.2 Å². The van der Waals surface area contributed by atoms with Crippen LogP contribution in [-0.4, -0.2) is 36.7 Å². The third kappa shape index (κ3) is 5.49. The van der Waals surface area contributed by atoms with Crippen molar-refractivity contribution in [3.8, 4) is 0 Å². The molecule has 3 aromatic rings. The van der Waals surface area contributed by atoms with Crippen molar-refractivity contribution in [2.75, 3.05) is 0 Å². The standard InChI is InChI=1S/C20H14N4.Cu.4H2O/c1-2-14-10-16-5-6-18(23-16)12-20-8-7-19(24-20)11-17-4-3-15(22-17)9-13(1)21-14;;;;;/h1-12,21,24H;;4*1H2/q;+4;;;;/p-4. The summed E-state index contributed by atoms with van der Waals surface area (Å²) in [6.45, 7) is 0.